The molecule has 3 heterocycles. The number of aryl methyl sites for hydroxylation is 1. The zero-order valence-corrected chi connectivity index (χ0v) is 20.5. The molecule has 0 spiro atoms. The van der Waals surface area contributed by atoms with Crippen LogP contribution in [0.1, 0.15) is 40.7 Å². The van der Waals surface area contributed by atoms with Crippen LogP contribution in [-0.4, -0.2) is 47.8 Å². The van der Waals surface area contributed by atoms with E-state index in [1.54, 1.807) is 36.8 Å². The van der Waals surface area contributed by atoms with E-state index in [9.17, 15) is 13.2 Å². The predicted molar refractivity (Wildman–Crippen MR) is 132 cm³/mol. The van der Waals surface area contributed by atoms with Gasteiger partial charge in [0.1, 0.15) is 10.6 Å². The van der Waals surface area contributed by atoms with Crippen molar-refractivity contribution >= 4 is 38.2 Å². The summed E-state index contributed by atoms with van der Waals surface area (Å²) in [4.78, 5) is 17.7. The minimum absolute atomic E-state index is 0.0238. The number of H-pyrrole nitrogens is 1. The number of thiophene rings is 1. The van der Waals surface area contributed by atoms with Crippen LogP contribution in [0.5, 0.6) is 0 Å². The highest BCUT2D eigenvalue weighted by Crippen LogP contribution is 2.33. The zero-order valence-electron chi connectivity index (χ0n) is 18.9. The molecule has 0 bridgehead atoms. The summed E-state index contributed by atoms with van der Waals surface area (Å²) >= 11 is 1.65. The van der Waals surface area contributed by atoms with E-state index in [0.29, 0.717) is 25.3 Å². The second-order valence-corrected chi connectivity index (χ2v) is 10.7. The van der Waals surface area contributed by atoms with Gasteiger partial charge in [0, 0.05) is 60.8 Å². The number of hydrogen-bond donors (Lipinski definition) is 2. The molecule has 1 amide bonds. The summed E-state index contributed by atoms with van der Waals surface area (Å²) in [5.74, 6) is -0.329. The van der Waals surface area contributed by atoms with E-state index in [2.05, 4.69) is 22.4 Å². The first-order valence-electron chi connectivity index (χ1n) is 10.9. The third kappa shape index (κ3) is 4.48. The number of carbonyl (C=O) groups is 1. The van der Waals surface area contributed by atoms with Crippen molar-refractivity contribution in [2.45, 2.75) is 24.7 Å². The minimum Gasteiger partial charge on any atom is -0.361 e. The Hall–Kier alpha value is -2.88. The SMILES string of the molecule is CCN(CC)S(=O)(=O)c1cc(C(=O)NCC(c2cccs2)c2c[nH]c3ccccc23)n(C)c1. The van der Waals surface area contributed by atoms with Crippen LogP contribution in [0.15, 0.2) is 65.1 Å². The average molecular weight is 485 g/mol. The van der Waals surface area contributed by atoms with Crippen molar-refractivity contribution in [2.75, 3.05) is 19.6 Å². The molecule has 3 aromatic heterocycles. The number of para-hydroxylation sites is 1. The van der Waals surface area contributed by atoms with Crippen molar-refractivity contribution in [3.63, 3.8) is 0 Å². The van der Waals surface area contributed by atoms with E-state index < -0.39 is 10.0 Å². The summed E-state index contributed by atoms with van der Waals surface area (Å²) < 4.78 is 28.7. The predicted octanol–water partition coefficient (Wildman–Crippen LogP) is 4.16. The molecule has 0 aliphatic heterocycles. The fourth-order valence-corrected chi connectivity index (χ4v) is 6.51. The first-order chi connectivity index (χ1) is 15.9. The standard InChI is InChI=1S/C24H28N4O3S2/c1-4-28(5-2)33(30,31)17-13-22(27(3)16-17)24(29)26-15-20(23-11-8-12-32-23)19-14-25-21-10-7-6-9-18(19)21/h6-14,16,20,25H,4-5,15H2,1-3H3,(H,26,29). The molecule has 0 aliphatic rings. The van der Waals surface area contributed by atoms with Gasteiger partial charge in [-0.15, -0.1) is 11.3 Å². The Morgan fingerprint density at radius 2 is 1.94 bits per heavy atom. The third-order valence-corrected chi connectivity index (χ3v) is 8.91. The third-order valence-electron chi connectivity index (χ3n) is 5.91. The van der Waals surface area contributed by atoms with Crippen molar-refractivity contribution in [1.29, 1.82) is 0 Å². The summed E-state index contributed by atoms with van der Waals surface area (Å²) in [6.07, 6.45) is 3.50. The summed E-state index contributed by atoms with van der Waals surface area (Å²) in [5, 5.41) is 6.18. The highest BCUT2D eigenvalue weighted by atomic mass is 32.2. The number of aromatic nitrogens is 2. The fraction of sp³-hybridized carbons (Fsp3) is 0.292. The molecule has 33 heavy (non-hydrogen) atoms. The van der Waals surface area contributed by atoms with E-state index in [4.69, 9.17) is 0 Å². The van der Waals surface area contributed by atoms with Crippen molar-refractivity contribution in [2.24, 2.45) is 7.05 Å². The number of carbonyl (C=O) groups excluding carboxylic acids is 1. The number of nitrogens with one attached hydrogen (secondary N) is 2. The molecule has 9 heteroatoms. The maximum atomic E-state index is 13.1. The second kappa shape index (κ2) is 9.54. The molecule has 2 N–H and O–H groups in total. The molecule has 174 valence electrons. The largest absolute Gasteiger partial charge is 0.361 e. The highest BCUT2D eigenvalue weighted by molar-refractivity contribution is 7.89. The van der Waals surface area contributed by atoms with E-state index in [-0.39, 0.29) is 16.7 Å². The Morgan fingerprint density at radius 1 is 1.18 bits per heavy atom. The number of sulfonamides is 1. The van der Waals surface area contributed by atoms with Crippen LogP contribution < -0.4 is 5.32 Å². The lowest BCUT2D eigenvalue weighted by Gasteiger charge is -2.17. The van der Waals surface area contributed by atoms with Crippen molar-refractivity contribution in [3.05, 3.63) is 76.4 Å². The molecule has 1 unspecified atom stereocenters. The van der Waals surface area contributed by atoms with Gasteiger partial charge in [0.15, 0.2) is 0 Å². The second-order valence-electron chi connectivity index (χ2n) is 7.83. The normalized spacial score (nSPS) is 13.0. The monoisotopic (exact) mass is 484 g/mol. The molecule has 0 fully saturated rings. The Bertz CT molecular complexity index is 1350. The van der Waals surface area contributed by atoms with Gasteiger partial charge in [-0.25, -0.2) is 8.42 Å². The lowest BCUT2D eigenvalue weighted by atomic mass is 9.96. The lowest BCUT2D eigenvalue weighted by Crippen LogP contribution is -2.30. The Morgan fingerprint density at radius 3 is 2.64 bits per heavy atom. The Balaban J connectivity index is 1.59. The molecule has 0 saturated heterocycles. The first kappa shape index (κ1) is 23.3. The maximum Gasteiger partial charge on any atom is 0.267 e. The van der Waals surface area contributed by atoms with Gasteiger partial charge in [-0.05, 0) is 29.1 Å². The number of rotatable bonds is 9. The molecule has 4 rings (SSSR count). The van der Waals surface area contributed by atoms with Crippen molar-refractivity contribution < 1.29 is 13.2 Å². The van der Waals surface area contributed by atoms with Crippen LogP contribution in [0, 0.1) is 0 Å². The van der Waals surface area contributed by atoms with Gasteiger partial charge in [0.2, 0.25) is 10.0 Å². The summed E-state index contributed by atoms with van der Waals surface area (Å²) in [6, 6.07) is 13.6. The zero-order chi connectivity index (χ0) is 23.6. The van der Waals surface area contributed by atoms with Gasteiger partial charge in [0.25, 0.3) is 5.91 Å². The van der Waals surface area contributed by atoms with Crippen LogP contribution >= 0.6 is 11.3 Å². The first-order valence-corrected chi connectivity index (χ1v) is 13.2. The molecule has 7 nitrogen and oxygen atoms in total. The number of amides is 1. The number of hydrogen-bond acceptors (Lipinski definition) is 4. The summed E-state index contributed by atoms with van der Waals surface area (Å²) in [7, 11) is -1.95. The molecule has 1 atom stereocenters. The minimum atomic E-state index is -3.63. The van der Waals surface area contributed by atoms with Crippen LogP contribution in [0.4, 0.5) is 0 Å². The molecule has 0 saturated carbocycles. The van der Waals surface area contributed by atoms with Crippen molar-refractivity contribution in [1.82, 2.24) is 19.2 Å². The molecule has 0 aliphatic carbocycles. The molecular formula is C24H28N4O3S2. The highest BCUT2D eigenvalue weighted by Gasteiger charge is 2.26. The maximum absolute atomic E-state index is 13.1. The lowest BCUT2D eigenvalue weighted by molar-refractivity contribution is 0.0944. The van der Waals surface area contributed by atoms with Crippen molar-refractivity contribution in [3.8, 4) is 0 Å². The number of nitrogens with zero attached hydrogens (tertiary/aromatic N) is 2. The Kier molecular flexibility index (Phi) is 6.73. The Labute approximate surface area is 198 Å². The topological polar surface area (TPSA) is 87.2 Å². The quantitative estimate of drug-likeness (QED) is 0.374. The molecule has 1 aromatic carbocycles. The van der Waals surface area contributed by atoms with Crippen LogP contribution in [0.25, 0.3) is 10.9 Å². The van der Waals surface area contributed by atoms with Crippen LogP contribution in [0.3, 0.4) is 0 Å². The smallest absolute Gasteiger partial charge is 0.267 e. The molecule has 0 radical (unpaired) electrons. The van der Waals surface area contributed by atoms with E-state index in [1.807, 2.05) is 35.8 Å². The number of fused-ring (bicyclic) bond motifs is 1. The van der Waals surface area contributed by atoms with Gasteiger partial charge in [-0.3, -0.25) is 4.79 Å². The molecular weight excluding hydrogens is 456 g/mol. The fourth-order valence-electron chi connectivity index (χ4n) is 4.13. The molecule has 4 aromatic rings. The van der Waals surface area contributed by atoms with E-state index >= 15 is 0 Å². The van der Waals surface area contributed by atoms with Gasteiger partial charge in [-0.1, -0.05) is 38.1 Å². The van der Waals surface area contributed by atoms with Gasteiger partial charge in [-0.2, -0.15) is 4.31 Å². The number of benzene rings is 1. The summed E-state index contributed by atoms with van der Waals surface area (Å²) in [6.45, 7) is 4.75. The van der Waals surface area contributed by atoms with Gasteiger partial charge >= 0.3 is 0 Å². The van der Waals surface area contributed by atoms with Gasteiger partial charge < -0.3 is 14.9 Å². The van der Waals surface area contributed by atoms with E-state index in [1.165, 1.54) is 16.6 Å². The summed E-state index contributed by atoms with van der Waals surface area (Å²) in [5.41, 5.74) is 2.48. The van der Waals surface area contributed by atoms with Gasteiger partial charge in [0.05, 0.1) is 0 Å². The van der Waals surface area contributed by atoms with E-state index in [0.717, 1.165) is 21.3 Å². The van der Waals surface area contributed by atoms with Crippen LogP contribution in [0.2, 0.25) is 0 Å². The van der Waals surface area contributed by atoms with Crippen LogP contribution in [-0.2, 0) is 17.1 Å². The average Bonchev–Trinajstić information content (AvgIpc) is 3.55. The number of aromatic amines is 1.